The van der Waals surface area contributed by atoms with Crippen molar-refractivity contribution in [3.63, 3.8) is 0 Å². The third-order valence-corrected chi connectivity index (χ3v) is 5.42. The van der Waals surface area contributed by atoms with Crippen LogP contribution in [0.1, 0.15) is 24.2 Å². The number of thioether (sulfide) groups is 1. The van der Waals surface area contributed by atoms with E-state index in [1.807, 2.05) is 38.1 Å². The molecule has 4 nitrogen and oxygen atoms in total. The van der Waals surface area contributed by atoms with Crippen molar-refractivity contribution in [1.29, 1.82) is 0 Å². The number of halogens is 1. The van der Waals surface area contributed by atoms with Gasteiger partial charge in [-0.05, 0) is 50.2 Å². The quantitative estimate of drug-likeness (QED) is 0.505. The molecule has 3 aromatic rings. The fraction of sp³-hybridized carbons (Fsp3) is 0.167. The summed E-state index contributed by atoms with van der Waals surface area (Å²) in [5, 5.41) is 1.01. The van der Waals surface area contributed by atoms with Crippen molar-refractivity contribution in [3.05, 3.63) is 58.8 Å². The molecule has 6 heteroatoms. The van der Waals surface area contributed by atoms with E-state index < -0.39 is 4.75 Å². The number of aromatic nitrogens is 2. The Kier molecular flexibility index (Phi) is 4.60. The minimum atomic E-state index is -0.687. The van der Waals surface area contributed by atoms with Gasteiger partial charge in [-0.25, -0.2) is 4.98 Å². The highest BCUT2D eigenvalue weighted by Gasteiger charge is 2.32. The van der Waals surface area contributed by atoms with E-state index >= 15 is 0 Å². The number of Topliss-reactive ketones (excluding diaryl/α,β-unsaturated/α-hetero) is 1. The molecule has 0 aliphatic carbocycles. The Morgan fingerprint density at radius 1 is 1.17 bits per heavy atom. The summed E-state index contributed by atoms with van der Waals surface area (Å²) in [5.74, 6) is 0.219. The van der Waals surface area contributed by atoms with Crippen LogP contribution in [0.25, 0.3) is 10.9 Å². The largest absolute Gasteiger partial charge is 0.383 e. The zero-order valence-electron chi connectivity index (χ0n) is 13.3. The Morgan fingerprint density at radius 3 is 2.71 bits per heavy atom. The van der Waals surface area contributed by atoms with Crippen LogP contribution in [0.4, 0.5) is 5.82 Å². The van der Waals surface area contributed by atoms with Gasteiger partial charge in [0.2, 0.25) is 0 Å². The van der Waals surface area contributed by atoms with Crippen LogP contribution in [-0.2, 0) is 0 Å². The molecule has 0 fully saturated rings. The smallest absolute Gasteiger partial charge is 0.182 e. The third kappa shape index (κ3) is 3.30. The van der Waals surface area contributed by atoms with E-state index in [2.05, 4.69) is 25.9 Å². The molecule has 0 aliphatic heterocycles. The van der Waals surface area contributed by atoms with Gasteiger partial charge >= 0.3 is 0 Å². The number of nitrogen functional groups attached to an aromatic ring is 1. The molecule has 0 saturated heterocycles. The molecule has 122 valence electrons. The number of benzene rings is 1. The lowest BCUT2D eigenvalue weighted by Gasteiger charge is -2.23. The lowest BCUT2D eigenvalue weighted by atomic mass is 10.0. The number of hydrogen-bond acceptors (Lipinski definition) is 5. The summed E-state index contributed by atoms with van der Waals surface area (Å²) in [6, 6.07) is 11.3. The van der Waals surface area contributed by atoms with Gasteiger partial charge in [0.05, 0.1) is 15.8 Å². The Morgan fingerprint density at radius 2 is 1.96 bits per heavy atom. The standard InChI is InChI=1S/C18H16BrN3OS/c1-18(2,16(23)12-4-3-8-22-17(12)20)24-15-7-9-21-14-6-5-11(19)10-13(14)15/h3-10H,1-2H3,(H2,20,22). The van der Waals surface area contributed by atoms with Crippen LogP contribution in [-0.4, -0.2) is 20.5 Å². The third-order valence-electron chi connectivity index (χ3n) is 3.66. The minimum Gasteiger partial charge on any atom is -0.383 e. The summed E-state index contributed by atoms with van der Waals surface area (Å²) in [6.07, 6.45) is 3.34. The van der Waals surface area contributed by atoms with Crippen molar-refractivity contribution in [2.45, 2.75) is 23.5 Å². The highest BCUT2D eigenvalue weighted by molar-refractivity contribution is 9.10. The summed E-state index contributed by atoms with van der Waals surface area (Å²) >= 11 is 4.99. The SMILES string of the molecule is CC(C)(Sc1ccnc2ccc(Br)cc12)C(=O)c1cccnc1N. The van der Waals surface area contributed by atoms with Crippen LogP contribution in [0.3, 0.4) is 0 Å². The maximum absolute atomic E-state index is 12.9. The number of nitrogens with zero attached hydrogens (tertiary/aromatic N) is 2. The Labute approximate surface area is 153 Å². The predicted octanol–water partition coefficient (Wildman–Crippen LogP) is 4.73. The summed E-state index contributed by atoms with van der Waals surface area (Å²) < 4.78 is 0.291. The summed E-state index contributed by atoms with van der Waals surface area (Å²) in [4.78, 5) is 22.3. The van der Waals surface area contributed by atoms with Crippen molar-refractivity contribution < 1.29 is 4.79 Å². The number of ketones is 1. The van der Waals surface area contributed by atoms with Gasteiger partial charge in [0.15, 0.2) is 5.78 Å². The van der Waals surface area contributed by atoms with Gasteiger partial charge in [-0.2, -0.15) is 0 Å². The molecule has 2 N–H and O–H groups in total. The molecule has 0 atom stereocenters. The zero-order chi connectivity index (χ0) is 17.3. The van der Waals surface area contributed by atoms with Gasteiger partial charge in [0.1, 0.15) is 5.82 Å². The molecule has 1 aromatic carbocycles. The number of carbonyl (C=O) groups excluding carboxylic acids is 1. The van der Waals surface area contributed by atoms with E-state index in [4.69, 9.17) is 5.73 Å². The second-order valence-corrected chi connectivity index (χ2v) is 8.43. The predicted molar refractivity (Wildman–Crippen MR) is 102 cm³/mol. The van der Waals surface area contributed by atoms with Crippen LogP contribution >= 0.6 is 27.7 Å². The molecule has 2 aromatic heterocycles. The van der Waals surface area contributed by atoms with Gasteiger partial charge in [-0.15, -0.1) is 11.8 Å². The van der Waals surface area contributed by atoms with Crippen molar-refractivity contribution in [2.24, 2.45) is 0 Å². The number of anilines is 1. The van der Waals surface area contributed by atoms with E-state index in [1.165, 1.54) is 11.8 Å². The molecule has 24 heavy (non-hydrogen) atoms. The van der Waals surface area contributed by atoms with Crippen LogP contribution < -0.4 is 5.73 Å². The van der Waals surface area contributed by atoms with Gasteiger partial charge in [-0.1, -0.05) is 15.9 Å². The van der Waals surface area contributed by atoms with E-state index in [9.17, 15) is 4.79 Å². The minimum absolute atomic E-state index is 0.0435. The zero-order valence-corrected chi connectivity index (χ0v) is 15.7. The van der Waals surface area contributed by atoms with Crippen LogP contribution in [0.5, 0.6) is 0 Å². The fourth-order valence-electron chi connectivity index (χ4n) is 2.44. The van der Waals surface area contributed by atoms with Crippen molar-refractivity contribution in [1.82, 2.24) is 9.97 Å². The number of rotatable bonds is 4. The van der Waals surface area contributed by atoms with E-state index in [1.54, 1.807) is 24.5 Å². The average molecular weight is 402 g/mol. The lowest BCUT2D eigenvalue weighted by Crippen LogP contribution is -2.28. The van der Waals surface area contributed by atoms with Gasteiger partial charge in [-0.3, -0.25) is 9.78 Å². The molecule has 3 rings (SSSR count). The second-order valence-electron chi connectivity index (χ2n) is 5.85. The monoisotopic (exact) mass is 401 g/mol. The second kappa shape index (κ2) is 6.53. The summed E-state index contributed by atoms with van der Waals surface area (Å²) in [6.45, 7) is 3.80. The molecule has 0 spiro atoms. The van der Waals surface area contributed by atoms with E-state index in [0.717, 1.165) is 20.3 Å². The number of carbonyl (C=O) groups is 1. The number of fused-ring (bicyclic) bond motifs is 1. The summed E-state index contributed by atoms with van der Waals surface area (Å²) in [5.41, 5.74) is 7.21. The van der Waals surface area contributed by atoms with Gasteiger partial charge in [0, 0.05) is 27.1 Å². The lowest BCUT2D eigenvalue weighted by molar-refractivity contribution is 0.0958. The molecular formula is C18H16BrN3OS. The van der Waals surface area contributed by atoms with Crippen molar-refractivity contribution in [3.8, 4) is 0 Å². The highest BCUT2D eigenvalue weighted by atomic mass is 79.9. The first kappa shape index (κ1) is 16.9. The Hall–Kier alpha value is -1.92. The first-order valence-electron chi connectivity index (χ1n) is 7.37. The van der Waals surface area contributed by atoms with Crippen molar-refractivity contribution >= 4 is 50.2 Å². The molecule has 0 unspecified atom stereocenters. The molecule has 0 amide bonds. The Bertz CT molecular complexity index is 927. The van der Waals surface area contributed by atoms with Crippen LogP contribution in [0, 0.1) is 0 Å². The maximum Gasteiger partial charge on any atom is 0.182 e. The number of pyridine rings is 2. The number of hydrogen-bond donors (Lipinski definition) is 1. The first-order valence-corrected chi connectivity index (χ1v) is 8.98. The van der Waals surface area contributed by atoms with Crippen molar-refractivity contribution in [2.75, 3.05) is 5.73 Å². The summed E-state index contributed by atoms with van der Waals surface area (Å²) in [7, 11) is 0. The fourth-order valence-corrected chi connectivity index (χ4v) is 3.95. The highest BCUT2D eigenvalue weighted by Crippen LogP contribution is 2.39. The van der Waals surface area contributed by atoms with Gasteiger partial charge in [0.25, 0.3) is 0 Å². The van der Waals surface area contributed by atoms with Gasteiger partial charge < -0.3 is 5.73 Å². The molecule has 2 heterocycles. The molecule has 0 radical (unpaired) electrons. The van der Waals surface area contributed by atoms with Crippen LogP contribution in [0.15, 0.2) is 58.2 Å². The van der Waals surface area contributed by atoms with E-state index in [-0.39, 0.29) is 11.6 Å². The maximum atomic E-state index is 12.9. The van der Waals surface area contributed by atoms with Crippen LogP contribution in [0.2, 0.25) is 0 Å². The topological polar surface area (TPSA) is 68.9 Å². The number of nitrogens with two attached hydrogens (primary N) is 1. The molecular weight excluding hydrogens is 386 g/mol. The molecule has 0 aliphatic rings. The average Bonchev–Trinajstić information content (AvgIpc) is 2.55. The molecule has 0 saturated carbocycles. The van der Waals surface area contributed by atoms with E-state index in [0.29, 0.717) is 5.56 Å². The normalized spacial score (nSPS) is 11.6. The molecule has 0 bridgehead atoms. The first-order chi connectivity index (χ1) is 11.4. The Balaban J connectivity index is 1.99.